The molecule has 0 radical (unpaired) electrons. The van der Waals surface area contributed by atoms with Gasteiger partial charge in [-0.3, -0.25) is 4.79 Å². The Morgan fingerprint density at radius 1 is 1.19 bits per heavy atom. The van der Waals surface area contributed by atoms with Gasteiger partial charge in [-0.1, -0.05) is 37.1 Å². The zero-order valence-electron chi connectivity index (χ0n) is 18.5. The molecular weight excluding hydrogens is 392 g/mol. The van der Waals surface area contributed by atoms with Crippen LogP contribution in [0.2, 0.25) is 0 Å². The largest absolute Gasteiger partial charge is 0.461 e. The fourth-order valence-corrected chi connectivity index (χ4v) is 5.24. The molecule has 0 spiro atoms. The van der Waals surface area contributed by atoms with Crippen LogP contribution in [0, 0.1) is 17.8 Å². The Bertz CT molecular complexity index is 697. The van der Waals surface area contributed by atoms with E-state index < -0.39 is 0 Å². The Hall–Kier alpha value is -1.85. The zero-order chi connectivity index (χ0) is 21.5. The van der Waals surface area contributed by atoms with Crippen molar-refractivity contribution in [2.45, 2.75) is 76.3 Å². The summed E-state index contributed by atoms with van der Waals surface area (Å²) in [4.78, 5) is 12.8. The number of Topliss-reactive ketones (excluding diaryl/α,β-unsaturated/α-hetero) is 1. The van der Waals surface area contributed by atoms with Crippen molar-refractivity contribution in [2.24, 2.45) is 17.8 Å². The number of carbonyl (C=O) groups excluding carboxylic acids is 1. The Labute approximate surface area is 186 Å². The molecule has 0 aromatic carbocycles. The maximum atomic E-state index is 12.8. The molecule has 2 saturated carbocycles. The van der Waals surface area contributed by atoms with E-state index in [-0.39, 0.29) is 36.1 Å². The minimum Gasteiger partial charge on any atom is -0.461 e. The Kier molecular flexibility index (Phi) is 8.03. The second-order valence-electron chi connectivity index (χ2n) is 9.09. The van der Waals surface area contributed by atoms with Crippen molar-refractivity contribution < 1.29 is 23.7 Å². The molecule has 5 atom stereocenters. The molecule has 0 aromatic rings. The molecule has 4 aliphatic rings. The number of hydrogen-bond acceptors (Lipinski definition) is 5. The first kappa shape index (κ1) is 22.3. The monoisotopic (exact) mass is 428 g/mol. The molecular formula is C26H36O5. The van der Waals surface area contributed by atoms with E-state index in [1.807, 2.05) is 24.3 Å². The number of hydrogen-bond donors (Lipinski definition) is 0. The number of allylic oxidation sites excluding steroid dienone is 3. The summed E-state index contributed by atoms with van der Waals surface area (Å²) < 4.78 is 24.0. The van der Waals surface area contributed by atoms with Crippen molar-refractivity contribution in [3.8, 4) is 0 Å². The third-order valence-corrected chi connectivity index (χ3v) is 6.92. The molecule has 0 amide bonds. The quantitative estimate of drug-likeness (QED) is 0.470. The van der Waals surface area contributed by atoms with Gasteiger partial charge in [0.05, 0.1) is 6.10 Å². The highest BCUT2D eigenvalue weighted by Crippen LogP contribution is 2.38. The molecule has 0 bridgehead atoms. The van der Waals surface area contributed by atoms with Gasteiger partial charge in [0.25, 0.3) is 5.95 Å². The summed E-state index contributed by atoms with van der Waals surface area (Å²) in [6.45, 7) is 5.15. The predicted octanol–water partition coefficient (Wildman–Crippen LogP) is 5.24. The van der Waals surface area contributed by atoms with Crippen molar-refractivity contribution in [1.82, 2.24) is 0 Å². The summed E-state index contributed by atoms with van der Waals surface area (Å²) >= 11 is 0. The lowest BCUT2D eigenvalue weighted by Crippen LogP contribution is -2.31. The van der Waals surface area contributed by atoms with E-state index >= 15 is 0 Å². The van der Waals surface area contributed by atoms with Crippen molar-refractivity contribution in [3.63, 3.8) is 0 Å². The maximum Gasteiger partial charge on any atom is 0.279 e. The molecule has 0 N–H and O–H groups in total. The Balaban J connectivity index is 1.49. The molecule has 4 rings (SSSR count). The van der Waals surface area contributed by atoms with E-state index in [4.69, 9.17) is 18.9 Å². The van der Waals surface area contributed by atoms with Gasteiger partial charge >= 0.3 is 0 Å². The maximum absolute atomic E-state index is 12.8. The summed E-state index contributed by atoms with van der Waals surface area (Å²) in [6.07, 6.45) is 20.8. The van der Waals surface area contributed by atoms with Crippen molar-refractivity contribution >= 4 is 5.78 Å². The van der Waals surface area contributed by atoms with E-state index in [0.717, 1.165) is 25.9 Å². The van der Waals surface area contributed by atoms with Crippen LogP contribution in [-0.2, 0) is 23.7 Å². The fraction of sp³-hybridized carbons (Fsp3) is 0.654. The van der Waals surface area contributed by atoms with Gasteiger partial charge in [0.1, 0.15) is 18.5 Å². The van der Waals surface area contributed by atoms with E-state index in [0.29, 0.717) is 31.3 Å². The molecule has 5 heteroatoms. The molecule has 5 nitrogen and oxygen atoms in total. The van der Waals surface area contributed by atoms with E-state index in [1.54, 1.807) is 0 Å². The number of ether oxygens (including phenoxy) is 4. The van der Waals surface area contributed by atoms with Crippen LogP contribution >= 0.6 is 0 Å². The first-order valence-corrected chi connectivity index (χ1v) is 12.0. The first-order chi connectivity index (χ1) is 15.2. The topological polar surface area (TPSA) is 54.0 Å². The smallest absolute Gasteiger partial charge is 0.279 e. The van der Waals surface area contributed by atoms with Crippen LogP contribution in [0.1, 0.15) is 57.8 Å². The van der Waals surface area contributed by atoms with Crippen molar-refractivity contribution in [1.29, 1.82) is 0 Å². The van der Waals surface area contributed by atoms with Gasteiger partial charge in [-0.05, 0) is 50.5 Å². The SMILES string of the molecule is C=CC[C@H]1C(=O)C[C@@H](OC2=CC=CCO2)[C@@H]1C=C[C@@H](OC1CCCCO1)C1CCCC1. The summed E-state index contributed by atoms with van der Waals surface area (Å²) in [6, 6.07) is 0. The standard InChI is InChI=1S/C26H36O5/c1-2-9-20-21(24(18-22(20)27)31-26-13-6-8-17-29-26)14-15-23(19-10-3-4-11-19)30-25-12-5-7-16-28-25/h2,6,8,13-15,19-21,23-25H,1,3-5,7,9-12,16-18H2/t20-,21-,23-,24-,25?/m1/s1. The lowest BCUT2D eigenvalue weighted by Gasteiger charge is -2.30. The van der Waals surface area contributed by atoms with Crippen LogP contribution in [0.4, 0.5) is 0 Å². The van der Waals surface area contributed by atoms with Crippen LogP contribution in [0.5, 0.6) is 0 Å². The van der Waals surface area contributed by atoms with Crippen molar-refractivity contribution in [2.75, 3.05) is 13.2 Å². The minimum atomic E-state index is -0.221. The van der Waals surface area contributed by atoms with Gasteiger partial charge in [0.2, 0.25) is 0 Å². The van der Waals surface area contributed by atoms with Crippen LogP contribution in [-0.4, -0.2) is 37.5 Å². The molecule has 2 heterocycles. The van der Waals surface area contributed by atoms with Gasteiger partial charge in [0.15, 0.2) is 6.29 Å². The van der Waals surface area contributed by atoms with E-state index in [1.165, 1.54) is 25.7 Å². The minimum absolute atomic E-state index is 0.0133. The molecule has 2 aliphatic carbocycles. The predicted molar refractivity (Wildman–Crippen MR) is 119 cm³/mol. The Morgan fingerprint density at radius 2 is 2.03 bits per heavy atom. The lowest BCUT2D eigenvalue weighted by atomic mass is 9.89. The molecule has 3 fully saturated rings. The van der Waals surface area contributed by atoms with E-state index in [9.17, 15) is 4.79 Å². The second kappa shape index (κ2) is 11.1. The van der Waals surface area contributed by atoms with Gasteiger partial charge in [-0.2, -0.15) is 0 Å². The highest BCUT2D eigenvalue weighted by molar-refractivity contribution is 5.85. The summed E-state index contributed by atoms with van der Waals surface area (Å²) in [5.74, 6) is 1.14. The first-order valence-electron chi connectivity index (χ1n) is 12.0. The number of ketones is 1. The van der Waals surface area contributed by atoms with Crippen molar-refractivity contribution in [3.05, 3.63) is 49.0 Å². The highest BCUT2D eigenvalue weighted by Gasteiger charge is 2.42. The zero-order valence-corrected chi connectivity index (χ0v) is 18.5. The Morgan fingerprint density at radius 3 is 2.74 bits per heavy atom. The van der Waals surface area contributed by atoms with Gasteiger partial charge in [0, 0.05) is 30.9 Å². The summed E-state index contributed by atoms with van der Waals surface area (Å²) in [7, 11) is 0. The summed E-state index contributed by atoms with van der Waals surface area (Å²) in [5.41, 5.74) is 0. The second-order valence-corrected chi connectivity index (χ2v) is 9.09. The molecule has 2 aliphatic heterocycles. The molecule has 170 valence electrons. The fourth-order valence-electron chi connectivity index (χ4n) is 5.24. The number of carbonyl (C=O) groups is 1. The van der Waals surface area contributed by atoms with Gasteiger partial charge < -0.3 is 18.9 Å². The molecule has 31 heavy (non-hydrogen) atoms. The third-order valence-electron chi connectivity index (χ3n) is 6.92. The average molecular weight is 429 g/mol. The van der Waals surface area contributed by atoms with Gasteiger partial charge in [-0.15, -0.1) is 6.58 Å². The van der Waals surface area contributed by atoms with Crippen LogP contribution < -0.4 is 0 Å². The third kappa shape index (κ3) is 5.89. The van der Waals surface area contributed by atoms with Crippen LogP contribution in [0.15, 0.2) is 49.0 Å². The molecule has 1 unspecified atom stereocenters. The summed E-state index contributed by atoms with van der Waals surface area (Å²) in [5, 5.41) is 0. The lowest BCUT2D eigenvalue weighted by molar-refractivity contribution is -0.187. The highest BCUT2D eigenvalue weighted by atomic mass is 16.7. The van der Waals surface area contributed by atoms with Crippen LogP contribution in [0.25, 0.3) is 0 Å². The molecule has 0 aromatic heterocycles. The van der Waals surface area contributed by atoms with E-state index in [2.05, 4.69) is 18.7 Å². The average Bonchev–Trinajstić information content (AvgIpc) is 3.42. The molecule has 1 saturated heterocycles. The number of rotatable bonds is 9. The normalized spacial score (nSPS) is 32.8. The van der Waals surface area contributed by atoms with Crippen LogP contribution in [0.3, 0.4) is 0 Å². The van der Waals surface area contributed by atoms with Gasteiger partial charge in [-0.25, -0.2) is 0 Å².